The first-order chi connectivity index (χ1) is 20.2. The minimum atomic E-state index is -0.712. The lowest BCUT2D eigenvalue weighted by Crippen LogP contribution is -2.33. The zero-order valence-corrected chi connectivity index (χ0v) is 24.2. The molecule has 0 amide bonds. The fraction of sp³-hybridized carbons (Fsp3) is 0.222. The second-order valence-electron chi connectivity index (χ2n) is 10.4. The van der Waals surface area contributed by atoms with Gasteiger partial charge in [0.1, 0.15) is 12.2 Å². The van der Waals surface area contributed by atoms with Crippen molar-refractivity contribution in [3.8, 4) is 0 Å². The third-order valence-corrected chi connectivity index (χ3v) is 7.34. The summed E-state index contributed by atoms with van der Waals surface area (Å²) in [6.07, 6.45) is -1.42. The van der Waals surface area contributed by atoms with Crippen molar-refractivity contribution in [1.29, 1.82) is 0 Å². The number of hydrogen-bond acceptors (Lipinski definition) is 6. The van der Waals surface area contributed by atoms with E-state index in [2.05, 4.69) is 0 Å². The maximum Gasteiger partial charge on any atom is 0.313 e. The van der Waals surface area contributed by atoms with Gasteiger partial charge in [0.05, 0.1) is 11.8 Å². The third kappa shape index (κ3) is 7.26. The summed E-state index contributed by atoms with van der Waals surface area (Å²) in [4.78, 5) is 51.7. The smallest absolute Gasteiger partial charge is 0.313 e. The Kier molecular flexibility index (Phi) is 9.81. The highest BCUT2D eigenvalue weighted by molar-refractivity contribution is 6.09. The minimum Gasteiger partial charge on any atom is -0.458 e. The lowest BCUT2D eigenvalue weighted by molar-refractivity contribution is -0.166. The molecule has 42 heavy (non-hydrogen) atoms. The van der Waals surface area contributed by atoms with Crippen LogP contribution in [0.4, 0.5) is 0 Å². The molecule has 4 aromatic rings. The molecule has 4 aromatic carbocycles. The van der Waals surface area contributed by atoms with Crippen LogP contribution in [0.5, 0.6) is 0 Å². The van der Waals surface area contributed by atoms with Crippen LogP contribution in [0.3, 0.4) is 0 Å². The van der Waals surface area contributed by atoms with Gasteiger partial charge in [-0.1, -0.05) is 97.1 Å². The van der Waals surface area contributed by atoms with Crippen LogP contribution in [0.15, 0.2) is 109 Å². The first-order valence-corrected chi connectivity index (χ1v) is 14.0. The molecule has 0 aliphatic rings. The van der Waals surface area contributed by atoms with Crippen LogP contribution in [0, 0.1) is 0 Å². The second-order valence-corrected chi connectivity index (χ2v) is 10.4. The van der Waals surface area contributed by atoms with E-state index < -0.39 is 36.0 Å². The molecular formula is C36H34O6. The van der Waals surface area contributed by atoms with E-state index in [0.717, 1.165) is 0 Å². The van der Waals surface area contributed by atoms with Crippen molar-refractivity contribution in [2.45, 2.75) is 51.7 Å². The van der Waals surface area contributed by atoms with Crippen LogP contribution < -0.4 is 0 Å². The molecule has 6 heteroatoms. The summed E-state index contributed by atoms with van der Waals surface area (Å²) in [7, 11) is 0. The molecule has 0 N–H and O–H groups in total. The third-order valence-electron chi connectivity index (χ3n) is 7.34. The average Bonchev–Trinajstić information content (AvgIpc) is 3.04. The molecule has 0 heterocycles. The molecule has 0 aliphatic carbocycles. The number of ether oxygens (including phenoxy) is 2. The molecule has 4 atom stereocenters. The Labute approximate surface area is 246 Å². The van der Waals surface area contributed by atoms with Crippen molar-refractivity contribution in [2.75, 3.05) is 0 Å². The molecular weight excluding hydrogens is 528 g/mol. The van der Waals surface area contributed by atoms with Crippen LogP contribution >= 0.6 is 0 Å². The van der Waals surface area contributed by atoms with Gasteiger partial charge in [-0.2, -0.15) is 0 Å². The van der Waals surface area contributed by atoms with Crippen molar-refractivity contribution in [3.63, 3.8) is 0 Å². The lowest BCUT2D eigenvalue weighted by Gasteiger charge is -2.24. The van der Waals surface area contributed by atoms with E-state index >= 15 is 0 Å². The normalized spacial score (nSPS) is 13.7. The van der Waals surface area contributed by atoms with Crippen molar-refractivity contribution in [1.82, 2.24) is 0 Å². The van der Waals surface area contributed by atoms with Gasteiger partial charge in [-0.05, 0) is 51.0 Å². The number of ketones is 2. The SMILES string of the molecule is CC(OC(=O)[C@@H](C)c1cccc(C(=O)c2ccccc2)c1)C(C)OC(=O)[C@@H](C)c1cccc(C(=O)c2ccccc2)c1. The van der Waals surface area contributed by atoms with Gasteiger partial charge in [0.15, 0.2) is 11.6 Å². The zero-order chi connectivity index (χ0) is 30.2. The molecule has 0 aliphatic heterocycles. The summed E-state index contributed by atoms with van der Waals surface area (Å²) in [5.74, 6) is -2.51. The lowest BCUT2D eigenvalue weighted by atomic mass is 9.95. The number of carbonyl (C=O) groups excluding carboxylic acids is 4. The standard InChI is InChI=1S/C36H34O6/c1-23(29-17-11-19-31(21-29)33(37)27-13-7-5-8-14-27)35(39)41-25(3)26(4)42-36(40)24(2)30-18-12-20-32(22-30)34(38)28-15-9-6-10-16-28/h5-26H,1-4H3/t23-,24-,25?,26?/m0/s1. The monoisotopic (exact) mass is 562 g/mol. The van der Waals surface area contributed by atoms with Crippen molar-refractivity contribution in [2.24, 2.45) is 0 Å². The van der Waals surface area contributed by atoms with Crippen LogP contribution in [0.25, 0.3) is 0 Å². The maximum atomic E-state index is 13.0. The van der Waals surface area contributed by atoms with E-state index in [1.165, 1.54) is 0 Å². The van der Waals surface area contributed by atoms with Crippen molar-refractivity contribution < 1.29 is 28.7 Å². The average molecular weight is 563 g/mol. The van der Waals surface area contributed by atoms with E-state index in [9.17, 15) is 19.2 Å². The van der Waals surface area contributed by atoms with Gasteiger partial charge in [-0.25, -0.2) is 0 Å². The Morgan fingerprint density at radius 3 is 1.14 bits per heavy atom. The Morgan fingerprint density at radius 2 is 0.786 bits per heavy atom. The Morgan fingerprint density at radius 1 is 0.452 bits per heavy atom. The summed E-state index contributed by atoms with van der Waals surface area (Å²) in [6.45, 7) is 6.76. The largest absolute Gasteiger partial charge is 0.458 e. The molecule has 0 bridgehead atoms. The number of benzene rings is 4. The molecule has 0 radical (unpaired) electrons. The quantitative estimate of drug-likeness (QED) is 0.146. The molecule has 0 spiro atoms. The van der Waals surface area contributed by atoms with Gasteiger partial charge in [0, 0.05) is 22.3 Å². The van der Waals surface area contributed by atoms with Gasteiger partial charge in [0.2, 0.25) is 0 Å². The first-order valence-electron chi connectivity index (χ1n) is 14.0. The summed E-state index contributed by atoms with van der Waals surface area (Å²) in [5.41, 5.74) is 3.40. The molecule has 4 rings (SSSR count). The Hall–Kier alpha value is -4.84. The highest BCUT2D eigenvalue weighted by atomic mass is 16.6. The fourth-order valence-electron chi connectivity index (χ4n) is 4.45. The van der Waals surface area contributed by atoms with Gasteiger partial charge in [0.25, 0.3) is 0 Å². The summed E-state index contributed by atoms with van der Waals surface area (Å²) >= 11 is 0. The zero-order valence-electron chi connectivity index (χ0n) is 24.2. The van der Waals surface area contributed by atoms with Crippen LogP contribution in [0.2, 0.25) is 0 Å². The van der Waals surface area contributed by atoms with Gasteiger partial charge < -0.3 is 9.47 Å². The summed E-state index contributed by atoms with van der Waals surface area (Å²) < 4.78 is 11.3. The first kappa shape index (κ1) is 30.1. The van der Waals surface area contributed by atoms with Gasteiger partial charge >= 0.3 is 11.9 Å². The number of esters is 2. The highest BCUT2D eigenvalue weighted by Crippen LogP contribution is 2.24. The number of carbonyl (C=O) groups is 4. The van der Waals surface area contributed by atoms with Crippen LogP contribution in [-0.4, -0.2) is 35.7 Å². The van der Waals surface area contributed by atoms with Gasteiger partial charge in [-0.15, -0.1) is 0 Å². The molecule has 214 valence electrons. The van der Waals surface area contributed by atoms with Gasteiger partial charge in [-0.3, -0.25) is 19.2 Å². The molecule has 0 fully saturated rings. The Balaban J connectivity index is 1.35. The molecule has 0 aromatic heterocycles. The number of hydrogen-bond donors (Lipinski definition) is 0. The molecule has 6 nitrogen and oxygen atoms in total. The predicted octanol–water partition coefficient (Wildman–Crippen LogP) is 6.92. The maximum absolute atomic E-state index is 13.0. The summed E-state index contributed by atoms with van der Waals surface area (Å²) in [6, 6.07) is 31.8. The van der Waals surface area contributed by atoms with Crippen LogP contribution in [-0.2, 0) is 19.1 Å². The van der Waals surface area contributed by atoms with Crippen molar-refractivity contribution in [3.05, 3.63) is 143 Å². The Bertz CT molecular complexity index is 1440. The number of rotatable bonds is 11. The highest BCUT2D eigenvalue weighted by Gasteiger charge is 2.27. The molecule has 0 saturated heterocycles. The molecule has 2 unspecified atom stereocenters. The van der Waals surface area contributed by atoms with Crippen LogP contribution in [0.1, 0.15) is 82.5 Å². The van der Waals surface area contributed by atoms with E-state index in [-0.39, 0.29) is 11.6 Å². The predicted molar refractivity (Wildman–Crippen MR) is 161 cm³/mol. The van der Waals surface area contributed by atoms with E-state index in [4.69, 9.17) is 9.47 Å². The van der Waals surface area contributed by atoms with E-state index in [1.807, 2.05) is 12.1 Å². The topological polar surface area (TPSA) is 86.7 Å². The second kappa shape index (κ2) is 13.7. The minimum absolute atomic E-state index is 0.129. The van der Waals surface area contributed by atoms with E-state index in [0.29, 0.717) is 33.4 Å². The van der Waals surface area contributed by atoms with E-state index in [1.54, 1.807) is 125 Å². The molecule has 0 saturated carbocycles. The summed E-state index contributed by atoms with van der Waals surface area (Å²) in [5, 5.41) is 0. The van der Waals surface area contributed by atoms with Crippen molar-refractivity contribution >= 4 is 23.5 Å². The fourth-order valence-corrected chi connectivity index (χ4v) is 4.45.